The highest BCUT2D eigenvalue weighted by molar-refractivity contribution is 8.24. The Morgan fingerprint density at radius 1 is 1.21 bits per heavy atom. The van der Waals surface area contributed by atoms with E-state index in [0.29, 0.717) is 31.1 Å². The molecule has 174 valence electrons. The Bertz CT molecular complexity index is 1250. The van der Waals surface area contributed by atoms with Gasteiger partial charge in [-0.15, -0.1) is 0 Å². The number of benzene rings is 2. The molecule has 0 amide bonds. The van der Waals surface area contributed by atoms with Gasteiger partial charge in [-0.1, -0.05) is 29.8 Å². The van der Waals surface area contributed by atoms with Gasteiger partial charge in [0.05, 0.1) is 29.3 Å². The van der Waals surface area contributed by atoms with E-state index in [9.17, 15) is 9.11 Å². The summed E-state index contributed by atoms with van der Waals surface area (Å²) in [6.45, 7) is 6.13. The molecule has 2 aromatic carbocycles. The zero-order valence-electron chi connectivity index (χ0n) is 18.8. The van der Waals surface area contributed by atoms with Crippen LogP contribution in [0.1, 0.15) is 18.1 Å². The summed E-state index contributed by atoms with van der Waals surface area (Å²) in [6.07, 6.45) is 0. The van der Waals surface area contributed by atoms with Crippen LogP contribution in [0.5, 0.6) is 0 Å². The van der Waals surface area contributed by atoms with Crippen LogP contribution in [-0.4, -0.2) is 51.1 Å². The molecule has 33 heavy (non-hydrogen) atoms. The third-order valence-electron chi connectivity index (χ3n) is 6.18. The SMILES string of the molecule is Cc1ccc2nc(N3CCS(O)(O)c4ccccc4C3)cc(NCC3(C)CN=C(N)O3)c2c1. The highest BCUT2D eigenvalue weighted by atomic mass is 32.3. The van der Waals surface area contributed by atoms with Crippen molar-refractivity contribution in [2.24, 2.45) is 10.7 Å². The molecule has 3 aromatic rings. The summed E-state index contributed by atoms with van der Waals surface area (Å²) >= 11 is 0. The number of nitrogens with one attached hydrogen (secondary N) is 1. The molecule has 0 saturated carbocycles. The number of nitrogens with two attached hydrogens (primary N) is 1. The van der Waals surface area contributed by atoms with Crippen LogP contribution < -0.4 is 16.0 Å². The number of hydrogen-bond donors (Lipinski definition) is 4. The Labute approximate surface area is 194 Å². The summed E-state index contributed by atoms with van der Waals surface area (Å²) in [7, 11) is -2.84. The number of aryl methyl sites for hydroxylation is 1. The van der Waals surface area contributed by atoms with Crippen molar-refractivity contribution >= 4 is 39.0 Å². The molecule has 9 heteroatoms. The molecule has 2 aliphatic rings. The zero-order chi connectivity index (χ0) is 23.2. The molecule has 5 rings (SSSR count). The van der Waals surface area contributed by atoms with Crippen molar-refractivity contribution in [3.05, 3.63) is 59.7 Å². The van der Waals surface area contributed by atoms with Crippen LogP contribution >= 0.6 is 10.6 Å². The Hall–Kier alpha value is -3.01. The number of aromatic nitrogens is 1. The van der Waals surface area contributed by atoms with E-state index in [2.05, 4.69) is 28.2 Å². The maximum atomic E-state index is 10.7. The molecule has 1 atom stereocenters. The molecule has 0 aliphatic carbocycles. The van der Waals surface area contributed by atoms with Gasteiger partial charge in [0.15, 0.2) is 0 Å². The number of nitrogens with zero attached hydrogens (tertiary/aromatic N) is 3. The van der Waals surface area contributed by atoms with Crippen molar-refractivity contribution in [1.82, 2.24) is 4.98 Å². The number of aliphatic imine (C=N–C) groups is 1. The Morgan fingerprint density at radius 2 is 2.03 bits per heavy atom. The third-order valence-corrected chi connectivity index (χ3v) is 8.03. The average Bonchev–Trinajstić information content (AvgIpc) is 3.06. The Balaban J connectivity index is 1.51. The lowest BCUT2D eigenvalue weighted by atomic mass is 10.1. The van der Waals surface area contributed by atoms with Gasteiger partial charge in [0.2, 0.25) is 0 Å². The van der Waals surface area contributed by atoms with Crippen LogP contribution in [0.3, 0.4) is 0 Å². The van der Waals surface area contributed by atoms with Crippen molar-refractivity contribution in [3.63, 3.8) is 0 Å². The second-order valence-electron chi connectivity index (χ2n) is 9.01. The number of rotatable bonds is 4. The number of ether oxygens (including phenoxy) is 1. The maximum absolute atomic E-state index is 10.7. The first-order chi connectivity index (χ1) is 15.7. The molecular weight excluding hydrogens is 438 g/mol. The molecular formula is C24H29N5O3S. The number of amidine groups is 1. The van der Waals surface area contributed by atoms with E-state index in [1.807, 2.05) is 49.4 Å². The van der Waals surface area contributed by atoms with Gasteiger partial charge in [-0.05, 0) is 37.6 Å². The highest BCUT2D eigenvalue weighted by Crippen LogP contribution is 2.51. The van der Waals surface area contributed by atoms with Gasteiger partial charge in [-0.25, -0.2) is 9.98 Å². The standard InChI is InChI=1S/C24H29N5O3S/c1-16-7-8-19-18(11-16)20(26-14-24(2)15-27-23(25)32-24)12-22(28-19)29-9-10-33(30,31)21-6-4-3-5-17(21)13-29/h3-8,11-12,30-31H,9-10,13-15H2,1-2H3,(H2,25,27)(H,26,28). The molecule has 2 aliphatic heterocycles. The van der Waals surface area contributed by atoms with E-state index in [4.69, 9.17) is 15.5 Å². The van der Waals surface area contributed by atoms with Crippen LogP contribution in [0.25, 0.3) is 10.9 Å². The van der Waals surface area contributed by atoms with E-state index in [1.165, 1.54) is 0 Å². The van der Waals surface area contributed by atoms with Crippen LogP contribution in [0.15, 0.2) is 58.4 Å². The lowest BCUT2D eigenvalue weighted by Crippen LogP contribution is -2.38. The van der Waals surface area contributed by atoms with E-state index in [-0.39, 0.29) is 11.8 Å². The minimum absolute atomic E-state index is 0.220. The Morgan fingerprint density at radius 3 is 2.82 bits per heavy atom. The van der Waals surface area contributed by atoms with Gasteiger partial charge >= 0.3 is 0 Å². The van der Waals surface area contributed by atoms with Gasteiger partial charge < -0.3 is 20.7 Å². The largest absolute Gasteiger partial charge is 0.455 e. The third kappa shape index (κ3) is 4.31. The van der Waals surface area contributed by atoms with E-state index >= 15 is 0 Å². The number of hydrogen-bond acceptors (Lipinski definition) is 8. The van der Waals surface area contributed by atoms with Crippen molar-refractivity contribution in [1.29, 1.82) is 0 Å². The van der Waals surface area contributed by atoms with Crippen molar-refractivity contribution in [2.45, 2.75) is 30.9 Å². The number of fused-ring (bicyclic) bond motifs is 2. The van der Waals surface area contributed by atoms with Gasteiger partial charge in [0.1, 0.15) is 11.4 Å². The van der Waals surface area contributed by atoms with E-state index in [1.54, 1.807) is 0 Å². The summed E-state index contributed by atoms with van der Waals surface area (Å²) < 4.78 is 27.2. The predicted octanol–water partition coefficient (Wildman–Crippen LogP) is 4.19. The monoisotopic (exact) mass is 467 g/mol. The molecule has 1 unspecified atom stereocenters. The summed E-state index contributed by atoms with van der Waals surface area (Å²) in [6, 6.07) is 16.0. The summed E-state index contributed by atoms with van der Waals surface area (Å²) in [5.41, 5.74) is 9.09. The molecule has 0 spiro atoms. The van der Waals surface area contributed by atoms with Gasteiger partial charge in [-0.3, -0.25) is 9.11 Å². The fraction of sp³-hybridized carbons (Fsp3) is 0.333. The van der Waals surface area contributed by atoms with E-state index < -0.39 is 16.2 Å². The summed E-state index contributed by atoms with van der Waals surface area (Å²) in [4.78, 5) is 11.9. The van der Waals surface area contributed by atoms with Crippen molar-refractivity contribution in [3.8, 4) is 0 Å². The lowest BCUT2D eigenvalue weighted by Gasteiger charge is -2.32. The topological polar surface area (TPSA) is 116 Å². The lowest BCUT2D eigenvalue weighted by molar-refractivity contribution is 0.121. The normalized spacial score (nSPS) is 22.8. The van der Waals surface area contributed by atoms with Gasteiger partial charge in [0.25, 0.3) is 6.02 Å². The maximum Gasteiger partial charge on any atom is 0.282 e. The highest BCUT2D eigenvalue weighted by Gasteiger charge is 2.32. The number of pyridine rings is 1. The van der Waals surface area contributed by atoms with E-state index in [0.717, 1.165) is 33.5 Å². The molecule has 1 aromatic heterocycles. The molecule has 0 saturated heterocycles. The summed E-state index contributed by atoms with van der Waals surface area (Å²) in [5, 5.41) is 4.56. The molecule has 5 N–H and O–H groups in total. The van der Waals surface area contributed by atoms with Crippen LogP contribution in [-0.2, 0) is 11.3 Å². The first kappa shape index (κ1) is 21.8. The second-order valence-corrected chi connectivity index (χ2v) is 11.2. The average molecular weight is 468 g/mol. The molecule has 8 nitrogen and oxygen atoms in total. The molecule has 0 fully saturated rings. The van der Waals surface area contributed by atoms with Crippen LogP contribution in [0.2, 0.25) is 0 Å². The first-order valence-electron chi connectivity index (χ1n) is 11.0. The van der Waals surface area contributed by atoms with Crippen LogP contribution in [0.4, 0.5) is 11.5 Å². The number of anilines is 2. The molecule has 0 radical (unpaired) electrons. The molecule has 3 heterocycles. The van der Waals surface area contributed by atoms with Crippen molar-refractivity contribution in [2.75, 3.05) is 35.6 Å². The van der Waals surface area contributed by atoms with Crippen LogP contribution in [0, 0.1) is 6.92 Å². The smallest absolute Gasteiger partial charge is 0.282 e. The Kier molecular flexibility index (Phi) is 5.35. The predicted molar refractivity (Wildman–Crippen MR) is 134 cm³/mol. The second kappa shape index (κ2) is 8.09. The van der Waals surface area contributed by atoms with Gasteiger partial charge in [0, 0.05) is 30.2 Å². The fourth-order valence-electron chi connectivity index (χ4n) is 4.35. The summed E-state index contributed by atoms with van der Waals surface area (Å²) in [5.74, 6) is 1.05. The minimum Gasteiger partial charge on any atom is -0.455 e. The zero-order valence-corrected chi connectivity index (χ0v) is 19.6. The minimum atomic E-state index is -2.84. The van der Waals surface area contributed by atoms with Gasteiger partial charge in [-0.2, -0.15) is 10.6 Å². The first-order valence-corrected chi connectivity index (χ1v) is 12.7. The molecule has 0 bridgehead atoms. The van der Waals surface area contributed by atoms with Crippen molar-refractivity contribution < 1.29 is 13.8 Å². The fourth-order valence-corrected chi connectivity index (χ4v) is 5.90. The quantitative estimate of drug-likeness (QED) is 0.455.